The number of hydrogen-bond acceptors (Lipinski definition) is 5. The van der Waals surface area contributed by atoms with E-state index in [1.165, 1.54) is 0 Å². The first-order chi connectivity index (χ1) is 15.8. The summed E-state index contributed by atoms with van der Waals surface area (Å²) in [5.41, 5.74) is 4.16. The second-order valence-electron chi connectivity index (χ2n) is 7.58. The summed E-state index contributed by atoms with van der Waals surface area (Å²) in [6.45, 7) is 2.33. The predicted octanol–water partition coefficient (Wildman–Crippen LogP) is 4.50. The molecule has 2 aromatic heterocycles. The van der Waals surface area contributed by atoms with Crippen molar-refractivity contribution in [2.24, 2.45) is 0 Å². The van der Waals surface area contributed by atoms with Crippen LogP contribution in [0, 0.1) is 0 Å². The van der Waals surface area contributed by atoms with E-state index in [0.717, 1.165) is 47.2 Å². The van der Waals surface area contributed by atoms with Crippen molar-refractivity contribution in [1.29, 1.82) is 0 Å². The minimum Gasteiger partial charge on any atom is -0.409 e. The Morgan fingerprint density at radius 2 is 1.66 bits per heavy atom. The highest BCUT2D eigenvalue weighted by molar-refractivity contribution is 5.79. The summed E-state index contributed by atoms with van der Waals surface area (Å²) in [5, 5.41) is 9.60. The number of aliphatic hydroxyl groups is 1. The van der Waals surface area contributed by atoms with Crippen LogP contribution in [0.15, 0.2) is 85.2 Å². The van der Waals surface area contributed by atoms with Crippen LogP contribution in [-0.4, -0.2) is 27.7 Å². The van der Waals surface area contributed by atoms with Crippen LogP contribution in [0.1, 0.15) is 29.7 Å². The largest absolute Gasteiger partial charge is 0.409 e. The molecule has 1 atom stereocenters. The molecule has 0 aliphatic carbocycles. The van der Waals surface area contributed by atoms with E-state index in [4.69, 9.17) is 19.4 Å². The average Bonchev–Trinajstić information content (AvgIpc) is 3.48. The van der Waals surface area contributed by atoms with Gasteiger partial charge in [0.05, 0.1) is 25.1 Å². The molecule has 0 bridgehead atoms. The highest BCUT2D eigenvalue weighted by Gasteiger charge is 2.09. The SMILES string of the molecule is OC1CCCO1.c1ccc(COCc2cc3ccn(OCc4ccccc4)c3cn2)cc1. The van der Waals surface area contributed by atoms with Crippen molar-refractivity contribution >= 4 is 10.9 Å². The molecule has 0 saturated carbocycles. The third kappa shape index (κ3) is 6.40. The van der Waals surface area contributed by atoms with Crippen molar-refractivity contribution in [1.82, 2.24) is 9.71 Å². The van der Waals surface area contributed by atoms with Gasteiger partial charge in [0, 0.05) is 24.6 Å². The van der Waals surface area contributed by atoms with Gasteiger partial charge in [0.2, 0.25) is 0 Å². The fourth-order valence-corrected chi connectivity index (χ4v) is 3.37. The van der Waals surface area contributed by atoms with E-state index in [2.05, 4.69) is 17.1 Å². The van der Waals surface area contributed by atoms with Gasteiger partial charge in [-0.1, -0.05) is 60.7 Å². The first kappa shape index (κ1) is 22.0. The first-order valence-corrected chi connectivity index (χ1v) is 10.8. The lowest BCUT2D eigenvalue weighted by molar-refractivity contribution is -0.0589. The second-order valence-corrected chi connectivity index (χ2v) is 7.58. The minimum atomic E-state index is -0.454. The molecule has 3 heterocycles. The fraction of sp³-hybridized carbons (Fsp3) is 0.269. The van der Waals surface area contributed by atoms with Crippen LogP contribution in [0.2, 0.25) is 0 Å². The Kier molecular flexibility index (Phi) is 7.87. The molecule has 5 rings (SSSR count). The van der Waals surface area contributed by atoms with Crippen LogP contribution < -0.4 is 4.84 Å². The number of aromatic nitrogens is 2. The van der Waals surface area contributed by atoms with Crippen LogP contribution in [0.5, 0.6) is 0 Å². The molecule has 2 aromatic carbocycles. The number of pyridine rings is 1. The van der Waals surface area contributed by atoms with Gasteiger partial charge in [-0.2, -0.15) is 4.73 Å². The van der Waals surface area contributed by atoms with Crippen molar-refractivity contribution < 1.29 is 19.4 Å². The molecule has 6 heteroatoms. The molecule has 1 aliphatic heterocycles. The minimum absolute atomic E-state index is 0.454. The van der Waals surface area contributed by atoms with Gasteiger partial charge in [-0.3, -0.25) is 4.98 Å². The number of hydrogen-bond donors (Lipinski definition) is 1. The molecule has 1 N–H and O–H groups in total. The van der Waals surface area contributed by atoms with E-state index in [1.54, 1.807) is 4.73 Å². The van der Waals surface area contributed by atoms with Gasteiger partial charge in [-0.05, 0) is 29.7 Å². The zero-order chi connectivity index (χ0) is 22.0. The molecule has 1 unspecified atom stereocenters. The average molecular weight is 433 g/mol. The van der Waals surface area contributed by atoms with E-state index in [9.17, 15) is 0 Å². The molecule has 0 radical (unpaired) electrons. The zero-order valence-corrected chi connectivity index (χ0v) is 18.0. The molecular formula is C26H28N2O4. The quantitative estimate of drug-likeness (QED) is 0.466. The van der Waals surface area contributed by atoms with Gasteiger partial charge in [0.15, 0.2) is 6.29 Å². The van der Waals surface area contributed by atoms with Crippen LogP contribution in [-0.2, 0) is 29.3 Å². The Morgan fingerprint density at radius 1 is 0.938 bits per heavy atom. The van der Waals surface area contributed by atoms with Crippen molar-refractivity contribution in [3.8, 4) is 0 Å². The van der Waals surface area contributed by atoms with Crippen LogP contribution >= 0.6 is 0 Å². The summed E-state index contributed by atoms with van der Waals surface area (Å²) in [7, 11) is 0. The molecule has 0 spiro atoms. The molecule has 166 valence electrons. The highest BCUT2D eigenvalue weighted by atomic mass is 16.7. The van der Waals surface area contributed by atoms with E-state index >= 15 is 0 Å². The third-order valence-electron chi connectivity index (χ3n) is 5.08. The number of nitrogens with zero attached hydrogens (tertiary/aromatic N) is 2. The van der Waals surface area contributed by atoms with E-state index < -0.39 is 6.29 Å². The predicted molar refractivity (Wildman–Crippen MR) is 123 cm³/mol. The number of benzene rings is 2. The van der Waals surface area contributed by atoms with Gasteiger partial charge in [0.1, 0.15) is 12.1 Å². The summed E-state index contributed by atoms with van der Waals surface area (Å²) in [6, 6.07) is 24.3. The third-order valence-corrected chi connectivity index (χ3v) is 5.08. The molecule has 0 amide bonds. The molecule has 1 saturated heterocycles. The Bertz CT molecular complexity index is 1080. The Morgan fingerprint density at radius 3 is 2.28 bits per heavy atom. The summed E-state index contributed by atoms with van der Waals surface area (Å²) >= 11 is 0. The maximum absolute atomic E-state index is 8.51. The molecule has 1 fully saturated rings. The molecule has 32 heavy (non-hydrogen) atoms. The summed E-state index contributed by atoms with van der Waals surface area (Å²) in [4.78, 5) is 10.4. The van der Waals surface area contributed by atoms with Gasteiger partial charge >= 0.3 is 0 Å². The van der Waals surface area contributed by atoms with Gasteiger partial charge in [-0.25, -0.2) is 0 Å². The molecular weight excluding hydrogens is 404 g/mol. The summed E-state index contributed by atoms with van der Waals surface area (Å²) in [5.74, 6) is 0. The van der Waals surface area contributed by atoms with Crippen LogP contribution in [0.4, 0.5) is 0 Å². The number of ether oxygens (including phenoxy) is 2. The summed E-state index contributed by atoms with van der Waals surface area (Å²) in [6.07, 6.45) is 5.14. The smallest absolute Gasteiger partial charge is 0.154 e. The van der Waals surface area contributed by atoms with Crippen molar-refractivity contribution in [3.05, 3.63) is 102 Å². The highest BCUT2D eigenvalue weighted by Crippen LogP contribution is 2.16. The monoisotopic (exact) mass is 432 g/mol. The zero-order valence-electron chi connectivity index (χ0n) is 18.0. The molecule has 1 aliphatic rings. The number of aliphatic hydroxyl groups excluding tert-OH is 1. The van der Waals surface area contributed by atoms with Crippen molar-refractivity contribution in [2.75, 3.05) is 6.61 Å². The number of rotatable bonds is 7. The lowest BCUT2D eigenvalue weighted by atomic mass is 10.2. The lowest BCUT2D eigenvalue weighted by Gasteiger charge is -2.09. The number of fused-ring (bicyclic) bond motifs is 1. The molecule has 6 nitrogen and oxygen atoms in total. The summed E-state index contributed by atoms with van der Waals surface area (Å²) < 4.78 is 12.2. The van der Waals surface area contributed by atoms with Crippen molar-refractivity contribution in [2.45, 2.75) is 39.0 Å². The second kappa shape index (κ2) is 11.4. The molecule has 4 aromatic rings. The Hall–Kier alpha value is -3.19. The van der Waals surface area contributed by atoms with Crippen LogP contribution in [0.25, 0.3) is 10.9 Å². The topological polar surface area (TPSA) is 65.7 Å². The normalized spacial score (nSPS) is 15.3. The van der Waals surface area contributed by atoms with Crippen molar-refractivity contribution in [3.63, 3.8) is 0 Å². The maximum Gasteiger partial charge on any atom is 0.154 e. The first-order valence-electron chi connectivity index (χ1n) is 10.8. The van der Waals surface area contributed by atoms with E-state index in [-0.39, 0.29) is 0 Å². The van der Waals surface area contributed by atoms with E-state index in [0.29, 0.717) is 19.8 Å². The van der Waals surface area contributed by atoms with Gasteiger partial charge in [-0.15, -0.1) is 0 Å². The van der Waals surface area contributed by atoms with Crippen LogP contribution in [0.3, 0.4) is 0 Å². The fourth-order valence-electron chi connectivity index (χ4n) is 3.37. The maximum atomic E-state index is 8.51. The Labute approximate surface area is 188 Å². The lowest BCUT2D eigenvalue weighted by Crippen LogP contribution is -2.09. The standard InChI is InChI=1S/C22H20N2O2.C4H8O2/c1-3-7-18(8-4-1)15-25-17-21-13-20-11-12-24(22(20)14-23-21)26-16-19-9-5-2-6-10-19;5-4-2-1-3-6-4/h1-14H,15-17H2;4-5H,1-3H2. The van der Waals surface area contributed by atoms with Gasteiger partial charge < -0.3 is 19.4 Å². The van der Waals surface area contributed by atoms with E-state index in [1.807, 2.05) is 73.1 Å². The van der Waals surface area contributed by atoms with Gasteiger partial charge in [0.25, 0.3) is 0 Å². The Balaban J connectivity index is 0.000000354.